The Morgan fingerprint density at radius 2 is 1.60 bits per heavy atom. The molecule has 0 amide bonds. The highest BCUT2D eigenvalue weighted by Gasteiger charge is 2.11. The van der Waals surface area contributed by atoms with E-state index in [0.29, 0.717) is 4.90 Å². The molecule has 0 fully saturated rings. The Kier molecular flexibility index (Phi) is 4.10. The molecule has 0 atom stereocenters. The molecule has 2 rings (SSSR count). The lowest BCUT2D eigenvalue weighted by molar-refractivity contribution is 0.0684. The standard InChI is InChI=1S/C15H12O4S/c1-9-2-7-13(12(8-9)15(18)19)20-11-5-3-10(4-6-11)14(16)17/h2-8H,1H3,(H,16,17)(H,18,19). The topological polar surface area (TPSA) is 74.6 Å². The maximum absolute atomic E-state index is 11.2. The summed E-state index contributed by atoms with van der Waals surface area (Å²) in [6.45, 7) is 1.84. The molecule has 0 unspecified atom stereocenters. The van der Waals surface area contributed by atoms with E-state index in [1.165, 1.54) is 23.9 Å². The summed E-state index contributed by atoms with van der Waals surface area (Å²) in [5.41, 5.74) is 1.34. The normalized spacial score (nSPS) is 10.2. The quantitative estimate of drug-likeness (QED) is 0.900. The van der Waals surface area contributed by atoms with E-state index in [0.717, 1.165) is 10.5 Å². The summed E-state index contributed by atoms with van der Waals surface area (Å²) in [6.07, 6.45) is 0. The predicted molar refractivity (Wildman–Crippen MR) is 75.7 cm³/mol. The van der Waals surface area contributed by atoms with Crippen LogP contribution >= 0.6 is 11.8 Å². The third-order valence-corrected chi connectivity index (χ3v) is 3.78. The van der Waals surface area contributed by atoms with Crippen molar-refractivity contribution in [2.75, 3.05) is 0 Å². The molecule has 2 N–H and O–H groups in total. The second-order valence-electron chi connectivity index (χ2n) is 4.24. The van der Waals surface area contributed by atoms with Crippen LogP contribution in [0.5, 0.6) is 0 Å². The Bertz CT molecular complexity index is 662. The Morgan fingerprint density at radius 1 is 0.950 bits per heavy atom. The van der Waals surface area contributed by atoms with Crippen molar-refractivity contribution in [2.24, 2.45) is 0 Å². The van der Waals surface area contributed by atoms with Gasteiger partial charge in [-0.3, -0.25) is 0 Å². The molecule has 0 radical (unpaired) electrons. The summed E-state index contributed by atoms with van der Waals surface area (Å²) >= 11 is 1.30. The first-order valence-corrected chi connectivity index (χ1v) is 6.64. The average Bonchev–Trinajstić information content (AvgIpc) is 2.41. The van der Waals surface area contributed by atoms with Crippen LogP contribution in [0.2, 0.25) is 0 Å². The van der Waals surface area contributed by atoms with E-state index in [-0.39, 0.29) is 11.1 Å². The fraction of sp³-hybridized carbons (Fsp3) is 0.0667. The van der Waals surface area contributed by atoms with Crippen molar-refractivity contribution in [2.45, 2.75) is 16.7 Å². The van der Waals surface area contributed by atoms with Crippen molar-refractivity contribution in [3.8, 4) is 0 Å². The zero-order chi connectivity index (χ0) is 14.7. The molecule has 2 aromatic rings. The third kappa shape index (κ3) is 3.19. The number of aryl methyl sites for hydroxylation is 1. The Hall–Kier alpha value is -2.27. The number of carboxylic acids is 2. The summed E-state index contributed by atoms with van der Waals surface area (Å²) < 4.78 is 0. The van der Waals surface area contributed by atoms with E-state index in [2.05, 4.69) is 0 Å². The van der Waals surface area contributed by atoms with Gasteiger partial charge in [-0.15, -0.1) is 0 Å². The van der Waals surface area contributed by atoms with Gasteiger partial charge in [-0.1, -0.05) is 23.4 Å². The highest BCUT2D eigenvalue weighted by atomic mass is 32.2. The summed E-state index contributed by atoms with van der Waals surface area (Å²) in [7, 11) is 0. The molecule has 0 aliphatic heterocycles. The first-order valence-electron chi connectivity index (χ1n) is 5.82. The zero-order valence-corrected chi connectivity index (χ0v) is 11.5. The Labute approximate surface area is 120 Å². The second-order valence-corrected chi connectivity index (χ2v) is 5.35. The summed E-state index contributed by atoms with van der Waals surface area (Å²) in [5.74, 6) is -1.96. The minimum Gasteiger partial charge on any atom is -0.478 e. The minimum absolute atomic E-state index is 0.205. The van der Waals surface area contributed by atoms with E-state index >= 15 is 0 Å². The van der Waals surface area contributed by atoms with E-state index in [1.54, 1.807) is 24.3 Å². The molecule has 0 spiro atoms. The second kappa shape index (κ2) is 5.79. The molecule has 20 heavy (non-hydrogen) atoms. The first kappa shape index (κ1) is 14.1. The van der Waals surface area contributed by atoms with Crippen molar-refractivity contribution in [1.82, 2.24) is 0 Å². The van der Waals surface area contributed by atoms with E-state index in [4.69, 9.17) is 5.11 Å². The number of hydrogen-bond donors (Lipinski definition) is 2. The van der Waals surface area contributed by atoms with Crippen LogP contribution in [0.15, 0.2) is 52.3 Å². The van der Waals surface area contributed by atoms with Gasteiger partial charge in [0.15, 0.2) is 0 Å². The number of carboxylic acid groups (broad SMARTS) is 2. The highest BCUT2D eigenvalue weighted by molar-refractivity contribution is 7.99. The molecule has 0 bridgehead atoms. The molecular formula is C15H12O4S. The van der Waals surface area contributed by atoms with Crippen molar-refractivity contribution < 1.29 is 19.8 Å². The Morgan fingerprint density at radius 3 is 2.15 bits per heavy atom. The Balaban J connectivity index is 2.30. The lowest BCUT2D eigenvalue weighted by Crippen LogP contribution is -1.99. The van der Waals surface area contributed by atoms with Crippen LogP contribution in [-0.4, -0.2) is 22.2 Å². The summed E-state index contributed by atoms with van der Waals surface area (Å²) in [5, 5.41) is 18.0. The van der Waals surface area contributed by atoms with Gasteiger partial charge in [-0.2, -0.15) is 0 Å². The van der Waals surface area contributed by atoms with Crippen LogP contribution in [0.3, 0.4) is 0 Å². The molecule has 0 aliphatic carbocycles. The van der Waals surface area contributed by atoms with Gasteiger partial charge >= 0.3 is 11.9 Å². The maximum atomic E-state index is 11.2. The van der Waals surface area contributed by atoms with Crippen molar-refractivity contribution in [1.29, 1.82) is 0 Å². The molecular weight excluding hydrogens is 276 g/mol. The van der Waals surface area contributed by atoms with E-state index < -0.39 is 11.9 Å². The van der Waals surface area contributed by atoms with Crippen LogP contribution in [0.25, 0.3) is 0 Å². The fourth-order valence-corrected chi connectivity index (χ4v) is 2.61. The first-order chi connectivity index (χ1) is 9.47. The van der Waals surface area contributed by atoms with E-state index in [9.17, 15) is 14.7 Å². The van der Waals surface area contributed by atoms with Crippen molar-refractivity contribution >= 4 is 23.7 Å². The molecule has 2 aromatic carbocycles. The number of aromatic carboxylic acids is 2. The fourth-order valence-electron chi connectivity index (χ4n) is 1.69. The molecule has 0 aliphatic rings. The van der Waals surface area contributed by atoms with Gasteiger partial charge in [-0.25, -0.2) is 9.59 Å². The molecule has 0 saturated heterocycles. The lowest BCUT2D eigenvalue weighted by Gasteiger charge is -2.07. The van der Waals surface area contributed by atoms with Crippen molar-refractivity contribution in [3.63, 3.8) is 0 Å². The maximum Gasteiger partial charge on any atom is 0.336 e. The predicted octanol–water partition coefficient (Wildman–Crippen LogP) is 3.54. The third-order valence-electron chi connectivity index (χ3n) is 2.69. The highest BCUT2D eigenvalue weighted by Crippen LogP contribution is 2.31. The minimum atomic E-state index is -0.983. The van der Waals surface area contributed by atoms with Gasteiger partial charge in [0.05, 0.1) is 11.1 Å². The van der Waals surface area contributed by atoms with Crippen LogP contribution in [0.1, 0.15) is 26.3 Å². The SMILES string of the molecule is Cc1ccc(Sc2ccc(C(=O)O)cc2)c(C(=O)O)c1. The van der Waals surface area contributed by atoms with Gasteiger partial charge in [0.1, 0.15) is 0 Å². The van der Waals surface area contributed by atoms with E-state index in [1.807, 2.05) is 13.0 Å². The van der Waals surface area contributed by atoms with Gasteiger partial charge in [0.2, 0.25) is 0 Å². The summed E-state index contributed by atoms with van der Waals surface area (Å²) in [4.78, 5) is 23.4. The molecule has 0 saturated carbocycles. The lowest BCUT2D eigenvalue weighted by atomic mass is 10.1. The van der Waals surface area contributed by atoms with Crippen molar-refractivity contribution in [3.05, 3.63) is 59.2 Å². The van der Waals surface area contributed by atoms with Crippen LogP contribution < -0.4 is 0 Å². The number of benzene rings is 2. The van der Waals surface area contributed by atoms with Crippen LogP contribution in [0, 0.1) is 6.92 Å². The monoisotopic (exact) mass is 288 g/mol. The molecule has 4 nitrogen and oxygen atoms in total. The average molecular weight is 288 g/mol. The summed E-state index contributed by atoms with van der Waals surface area (Å²) in [6, 6.07) is 11.6. The van der Waals surface area contributed by atoms with Gasteiger partial charge in [-0.05, 0) is 43.3 Å². The van der Waals surface area contributed by atoms with Gasteiger partial charge in [0.25, 0.3) is 0 Å². The molecule has 102 valence electrons. The van der Waals surface area contributed by atoms with Crippen LogP contribution in [-0.2, 0) is 0 Å². The largest absolute Gasteiger partial charge is 0.478 e. The van der Waals surface area contributed by atoms with Gasteiger partial charge < -0.3 is 10.2 Å². The number of hydrogen-bond acceptors (Lipinski definition) is 3. The molecule has 0 aromatic heterocycles. The number of rotatable bonds is 4. The smallest absolute Gasteiger partial charge is 0.336 e. The van der Waals surface area contributed by atoms with Gasteiger partial charge in [0, 0.05) is 9.79 Å². The number of carbonyl (C=O) groups is 2. The molecule has 5 heteroatoms. The molecule has 0 heterocycles. The van der Waals surface area contributed by atoms with Crippen LogP contribution in [0.4, 0.5) is 0 Å². The zero-order valence-electron chi connectivity index (χ0n) is 10.7.